The van der Waals surface area contributed by atoms with Crippen LogP contribution in [-0.2, 0) is 0 Å². The van der Waals surface area contributed by atoms with Crippen molar-refractivity contribution in [2.24, 2.45) is 0 Å². The number of nitrogens with zero attached hydrogens (tertiary/aromatic N) is 5. The van der Waals surface area contributed by atoms with E-state index in [0.717, 1.165) is 5.69 Å². The number of pyridine rings is 1. The molecule has 0 atom stereocenters. The van der Waals surface area contributed by atoms with Crippen LogP contribution < -0.4 is 6.15 Å². The quantitative estimate of drug-likeness (QED) is 0.833. The van der Waals surface area contributed by atoms with Crippen LogP contribution in [0.3, 0.4) is 0 Å². The molecule has 3 heterocycles. The number of likely N-dealkylation sites (tertiary alicyclic amines) is 1. The summed E-state index contributed by atoms with van der Waals surface area (Å²) in [6, 6.07) is 6.02. The fraction of sp³-hybridized carbons (Fsp3) is 0.400. The van der Waals surface area contributed by atoms with Gasteiger partial charge in [-0.25, -0.2) is 9.97 Å². The van der Waals surface area contributed by atoms with Crippen molar-refractivity contribution in [2.45, 2.75) is 18.8 Å². The summed E-state index contributed by atoms with van der Waals surface area (Å²) in [6.45, 7) is 2.35. The van der Waals surface area contributed by atoms with Crippen LogP contribution in [0.15, 0.2) is 36.8 Å². The van der Waals surface area contributed by atoms with Crippen LogP contribution >= 0.6 is 0 Å². The van der Waals surface area contributed by atoms with Crippen molar-refractivity contribution >= 4 is 0 Å². The minimum Gasteiger partial charge on any atom is -0.306 e. The van der Waals surface area contributed by atoms with Gasteiger partial charge in [0.05, 0.1) is 0 Å². The fourth-order valence-electron chi connectivity index (χ4n) is 2.55. The van der Waals surface area contributed by atoms with Gasteiger partial charge >= 0.3 is 0 Å². The van der Waals surface area contributed by atoms with Gasteiger partial charge in [0.15, 0.2) is 5.82 Å². The van der Waals surface area contributed by atoms with Crippen molar-refractivity contribution in [3.63, 3.8) is 0 Å². The van der Waals surface area contributed by atoms with E-state index in [2.05, 4.69) is 33.0 Å². The highest BCUT2D eigenvalue weighted by molar-refractivity contribution is 5.48. The van der Waals surface area contributed by atoms with Crippen molar-refractivity contribution in [1.29, 1.82) is 0 Å². The molecule has 1 fully saturated rings. The van der Waals surface area contributed by atoms with Crippen LogP contribution in [0.25, 0.3) is 11.5 Å². The Morgan fingerprint density at radius 1 is 1.05 bits per heavy atom. The maximum Gasteiger partial charge on any atom is 0.178 e. The molecule has 3 radical (unpaired) electrons. The molecule has 5 nitrogen and oxygen atoms in total. The van der Waals surface area contributed by atoms with Gasteiger partial charge in [-0.2, -0.15) is 0 Å². The summed E-state index contributed by atoms with van der Waals surface area (Å²) in [5.41, 5.74) is 2.19. The first-order chi connectivity index (χ1) is 9.33. The summed E-state index contributed by atoms with van der Waals surface area (Å²) in [6.07, 6.45) is 7.92. The van der Waals surface area contributed by atoms with Crippen molar-refractivity contribution < 1.29 is 0 Å². The third-order valence-electron chi connectivity index (χ3n) is 3.77. The van der Waals surface area contributed by atoms with E-state index in [-0.39, 0.29) is 6.15 Å². The third kappa shape index (κ3) is 3.18. The molecular formula is C15H18N5. The minimum atomic E-state index is 0. The summed E-state index contributed by atoms with van der Waals surface area (Å²) < 4.78 is 0. The van der Waals surface area contributed by atoms with Crippen LogP contribution in [-0.4, -0.2) is 40.0 Å². The molecule has 0 unspecified atom stereocenters. The molecular weight excluding hydrogens is 250 g/mol. The Balaban J connectivity index is 0.00000147. The molecule has 0 aromatic carbocycles. The van der Waals surface area contributed by atoms with Gasteiger partial charge in [0.25, 0.3) is 0 Å². The van der Waals surface area contributed by atoms with E-state index in [0.29, 0.717) is 11.7 Å². The molecule has 0 amide bonds. The zero-order valence-electron chi connectivity index (χ0n) is 11.6. The molecule has 2 aromatic heterocycles. The van der Waals surface area contributed by atoms with E-state index >= 15 is 0 Å². The Hall–Kier alpha value is -1.85. The van der Waals surface area contributed by atoms with Crippen molar-refractivity contribution in [3.05, 3.63) is 42.4 Å². The second-order valence-corrected chi connectivity index (χ2v) is 5.13. The first-order valence-corrected chi connectivity index (χ1v) is 6.75. The smallest absolute Gasteiger partial charge is 0.178 e. The Labute approximate surface area is 119 Å². The molecule has 0 spiro atoms. The second kappa shape index (κ2) is 6.54. The fourth-order valence-corrected chi connectivity index (χ4v) is 2.55. The number of piperidine rings is 1. The molecule has 0 bridgehead atoms. The lowest BCUT2D eigenvalue weighted by Gasteiger charge is -2.28. The van der Waals surface area contributed by atoms with Crippen LogP contribution in [0.1, 0.15) is 24.3 Å². The molecule has 0 aliphatic carbocycles. The summed E-state index contributed by atoms with van der Waals surface area (Å²) in [7, 11) is 2.18. The summed E-state index contributed by atoms with van der Waals surface area (Å²) in [5.74, 6) is 1.34. The molecule has 20 heavy (non-hydrogen) atoms. The monoisotopic (exact) mass is 268 g/mol. The molecule has 2 aromatic rings. The van der Waals surface area contributed by atoms with E-state index in [1.165, 1.54) is 31.5 Å². The highest BCUT2D eigenvalue weighted by atomic mass is 15.1. The Bertz CT molecular complexity index is 518. The van der Waals surface area contributed by atoms with Gasteiger partial charge in [0, 0.05) is 24.7 Å². The van der Waals surface area contributed by atoms with Gasteiger partial charge in [-0.15, -0.1) is 0 Å². The SMILES string of the molecule is CN1CCC(c2ccc(-c3ncccn3)nc2)CC1.[N]. The molecule has 1 saturated heterocycles. The summed E-state index contributed by atoms with van der Waals surface area (Å²) in [4.78, 5) is 15.3. The van der Waals surface area contributed by atoms with Gasteiger partial charge in [-0.3, -0.25) is 4.98 Å². The van der Waals surface area contributed by atoms with E-state index in [9.17, 15) is 0 Å². The number of rotatable bonds is 2. The van der Waals surface area contributed by atoms with E-state index in [1.54, 1.807) is 12.4 Å². The Morgan fingerprint density at radius 3 is 2.35 bits per heavy atom. The molecule has 1 aliphatic rings. The first-order valence-electron chi connectivity index (χ1n) is 6.75. The molecule has 103 valence electrons. The largest absolute Gasteiger partial charge is 0.306 e. The van der Waals surface area contributed by atoms with Gasteiger partial charge in [0.1, 0.15) is 5.69 Å². The molecule has 1 aliphatic heterocycles. The highest BCUT2D eigenvalue weighted by Gasteiger charge is 2.18. The predicted molar refractivity (Wildman–Crippen MR) is 76.9 cm³/mol. The normalized spacial score (nSPS) is 16.6. The Kier molecular flexibility index (Phi) is 4.76. The van der Waals surface area contributed by atoms with Crippen molar-refractivity contribution in [1.82, 2.24) is 26.0 Å². The lowest BCUT2D eigenvalue weighted by Crippen LogP contribution is -2.29. The average molecular weight is 268 g/mol. The lowest BCUT2D eigenvalue weighted by atomic mass is 9.90. The minimum absolute atomic E-state index is 0. The molecule has 5 heteroatoms. The van der Waals surface area contributed by atoms with E-state index < -0.39 is 0 Å². The van der Waals surface area contributed by atoms with Crippen molar-refractivity contribution in [3.8, 4) is 11.5 Å². The lowest BCUT2D eigenvalue weighted by molar-refractivity contribution is 0.255. The predicted octanol–water partition coefficient (Wildman–Crippen LogP) is 1.87. The van der Waals surface area contributed by atoms with Gasteiger partial charge in [0.2, 0.25) is 0 Å². The van der Waals surface area contributed by atoms with Crippen LogP contribution in [0, 0.1) is 0 Å². The second-order valence-electron chi connectivity index (χ2n) is 5.13. The summed E-state index contributed by atoms with van der Waals surface area (Å²) >= 11 is 0. The number of hydrogen-bond donors (Lipinski definition) is 0. The van der Waals surface area contributed by atoms with Crippen LogP contribution in [0.2, 0.25) is 0 Å². The maximum absolute atomic E-state index is 4.50. The van der Waals surface area contributed by atoms with Crippen LogP contribution in [0.5, 0.6) is 0 Å². The molecule has 0 N–H and O–H groups in total. The zero-order valence-corrected chi connectivity index (χ0v) is 11.6. The maximum atomic E-state index is 4.50. The molecule has 3 rings (SSSR count). The van der Waals surface area contributed by atoms with Gasteiger partial charge in [-0.05, 0) is 56.6 Å². The topological polar surface area (TPSA) is 72.4 Å². The Morgan fingerprint density at radius 2 is 1.75 bits per heavy atom. The van der Waals surface area contributed by atoms with Gasteiger partial charge in [-0.1, -0.05) is 6.07 Å². The van der Waals surface area contributed by atoms with E-state index in [1.807, 2.05) is 18.3 Å². The van der Waals surface area contributed by atoms with Crippen LogP contribution in [0.4, 0.5) is 0 Å². The summed E-state index contributed by atoms with van der Waals surface area (Å²) in [5, 5.41) is 0. The average Bonchev–Trinajstić information content (AvgIpc) is 2.49. The zero-order chi connectivity index (χ0) is 13.1. The van der Waals surface area contributed by atoms with Crippen molar-refractivity contribution in [2.75, 3.05) is 20.1 Å². The molecule has 0 saturated carbocycles. The van der Waals surface area contributed by atoms with E-state index in [4.69, 9.17) is 0 Å². The highest BCUT2D eigenvalue weighted by Crippen LogP contribution is 2.27. The standard InChI is InChI=1S/C15H18N4.N/c1-19-9-5-12(6-10-19)13-3-4-14(18-11-13)15-16-7-2-8-17-15;/h2-4,7-8,11-12H,5-6,9-10H2,1H3;. The number of aromatic nitrogens is 3. The number of hydrogen-bond acceptors (Lipinski definition) is 4. The van der Waals surface area contributed by atoms with Gasteiger partial charge < -0.3 is 4.90 Å². The third-order valence-corrected chi connectivity index (χ3v) is 3.77. The first kappa shape index (κ1) is 14.6.